The van der Waals surface area contributed by atoms with Gasteiger partial charge in [-0.2, -0.15) is 0 Å². The summed E-state index contributed by atoms with van der Waals surface area (Å²) in [5, 5.41) is 0.571. The highest BCUT2D eigenvalue weighted by atomic mass is 35.5. The van der Waals surface area contributed by atoms with Crippen molar-refractivity contribution in [2.45, 2.75) is 13.8 Å². The van der Waals surface area contributed by atoms with Crippen molar-refractivity contribution in [2.75, 3.05) is 11.5 Å². The van der Waals surface area contributed by atoms with E-state index in [1.165, 1.54) is 4.90 Å². The molecule has 0 atom stereocenters. The number of carbonyl (C=O) groups excluding carboxylic acids is 2. The Labute approximate surface area is 122 Å². The maximum Gasteiger partial charge on any atom is 0.344 e. The van der Waals surface area contributed by atoms with E-state index in [1.54, 1.807) is 38.1 Å². The van der Waals surface area contributed by atoms with Crippen molar-refractivity contribution in [1.29, 1.82) is 0 Å². The first-order chi connectivity index (χ1) is 9.47. The summed E-state index contributed by atoms with van der Waals surface area (Å²) in [5.41, 5.74) is 1.65. The average Bonchev–Trinajstić information content (AvgIpc) is 2.62. The Morgan fingerprint density at radius 2 is 1.95 bits per heavy atom. The Kier molecular flexibility index (Phi) is 3.95. The van der Waals surface area contributed by atoms with E-state index in [-0.39, 0.29) is 12.2 Å². The monoisotopic (exact) mass is 291 g/mol. The molecule has 1 amide bonds. The zero-order valence-corrected chi connectivity index (χ0v) is 12.0. The number of anilines is 1. The molecule has 2 rings (SSSR count). The van der Waals surface area contributed by atoms with E-state index in [0.717, 1.165) is 0 Å². The zero-order valence-electron chi connectivity index (χ0n) is 11.3. The van der Waals surface area contributed by atoms with Gasteiger partial charge in [-0.3, -0.25) is 9.69 Å². The molecule has 5 heteroatoms. The Bertz CT molecular complexity index is 617. The molecule has 0 bridgehead atoms. The number of esters is 1. The number of carbonyl (C=O) groups is 2. The molecular weight excluding hydrogens is 278 g/mol. The van der Waals surface area contributed by atoms with E-state index >= 15 is 0 Å². The molecule has 104 valence electrons. The standard InChI is InChI=1S/C15H14ClNO3/c1-4-20-15(19)13-9(2)10(3)17(14(13)18)12-7-5-11(16)6-8-12/h5-8H,3-4H2,1-2H3. The van der Waals surface area contributed by atoms with Crippen LogP contribution in [0.5, 0.6) is 0 Å². The third kappa shape index (κ3) is 2.34. The lowest BCUT2D eigenvalue weighted by atomic mass is 10.1. The molecule has 1 aliphatic heterocycles. The van der Waals surface area contributed by atoms with E-state index < -0.39 is 11.9 Å². The smallest absolute Gasteiger partial charge is 0.344 e. The van der Waals surface area contributed by atoms with Gasteiger partial charge in [0.2, 0.25) is 0 Å². The number of ether oxygens (including phenoxy) is 1. The number of hydrogen-bond acceptors (Lipinski definition) is 3. The summed E-state index contributed by atoms with van der Waals surface area (Å²) in [6.45, 7) is 7.46. The minimum absolute atomic E-state index is 0.0341. The number of rotatable bonds is 3. The highest BCUT2D eigenvalue weighted by Gasteiger charge is 2.37. The topological polar surface area (TPSA) is 46.6 Å². The number of amides is 1. The molecule has 0 radical (unpaired) electrons. The van der Waals surface area contributed by atoms with Crippen LogP contribution in [-0.4, -0.2) is 18.5 Å². The van der Waals surface area contributed by atoms with Crippen LogP contribution in [0.1, 0.15) is 13.8 Å². The fourth-order valence-electron chi connectivity index (χ4n) is 2.01. The minimum atomic E-state index is -0.618. The number of halogens is 1. The van der Waals surface area contributed by atoms with Crippen LogP contribution in [-0.2, 0) is 14.3 Å². The normalized spacial score (nSPS) is 15.1. The summed E-state index contributed by atoms with van der Waals surface area (Å²) >= 11 is 5.83. The lowest BCUT2D eigenvalue weighted by molar-refractivity contribution is -0.139. The Morgan fingerprint density at radius 1 is 1.35 bits per heavy atom. The van der Waals surface area contributed by atoms with Crippen LogP contribution in [0, 0.1) is 0 Å². The maximum atomic E-state index is 12.4. The van der Waals surface area contributed by atoms with Crippen molar-refractivity contribution in [1.82, 2.24) is 0 Å². The first-order valence-corrected chi connectivity index (χ1v) is 6.52. The molecule has 0 N–H and O–H groups in total. The summed E-state index contributed by atoms with van der Waals surface area (Å²) in [4.78, 5) is 25.6. The highest BCUT2D eigenvalue weighted by Crippen LogP contribution is 2.33. The molecule has 4 nitrogen and oxygen atoms in total. The molecule has 0 spiro atoms. The molecule has 0 fully saturated rings. The van der Waals surface area contributed by atoms with Crippen molar-refractivity contribution >= 4 is 29.2 Å². The van der Waals surface area contributed by atoms with Crippen LogP contribution < -0.4 is 4.90 Å². The summed E-state index contributed by atoms with van der Waals surface area (Å²) in [6, 6.07) is 6.75. The fraction of sp³-hybridized carbons (Fsp3) is 0.200. The number of benzene rings is 1. The second-order valence-corrected chi connectivity index (χ2v) is 4.72. The third-order valence-corrected chi connectivity index (χ3v) is 3.31. The zero-order chi connectivity index (χ0) is 14.9. The average molecular weight is 292 g/mol. The molecule has 20 heavy (non-hydrogen) atoms. The van der Waals surface area contributed by atoms with Gasteiger partial charge in [0.15, 0.2) is 0 Å². The molecule has 0 aliphatic carbocycles. The van der Waals surface area contributed by atoms with E-state index in [0.29, 0.717) is 22.0 Å². The Morgan fingerprint density at radius 3 is 2.50 bits per heavy atom. The molecule has 1 heterocycles. The van der Waals surface area contributed by atoms with Crippen LogP contribution in [0.3, 0.4) is 0 Å². The quantitative estimate of drug-likeness (QED) is 0.635. The Hall–Kier alpha value is -2.07. The van der Waals surface area contributed by atoms with E-state index in [2.05, 4.69) is 6.58 Å². The van der Waals surface area contributed by atoms with Gasteiger partial charge in [0.1, 0.15) is 5.57 Å². The van der Waals surface area contributed by atoms with Crippen molar-refractivity contribution in [2.24, 2.45) is 0 Å². The molecule has 0 saturated carbocycles. The predicted molar refractivity (Wildman–Crippen MR) is 77.4 cm³/mol. The van der Waals surface area contributed by atoms with Gasteiger partial charge in [0.25, 0.3) is 5.91 Å². The molecule has 0 unspecified atom stereocenters. The van der Waals surface area contributed by atoms with Crippen molar-refractivity contribution in [3.63, 3.8) is 0 Å². The maximum absolute atomic E-state index is 12.4. The van der Waals surface area contributed by atoms with E-state index in [4.69, 9.17) is 16.3 Å². The molecule has 0 aromatic heterocycles. The number of hydrogen-bond donors (Lipinski definition) is 0. The van der Waals surface area contributed by atoms with Crippen LogP contribution in [0.2, 0.25) is 5.02 Å². The van der Waals surface area contributed by atoms with Gasteiger partial charge in [0, 0.05) is 16.4 Å². The highest BCUT2D eigenvalue weighted by molar-refractivity contribution is 6.31. The van der Waals surface area contributed by atoms with Gasteiger partial charge < -0.3 is 4.74 Å². The van der Waals surface area contributed by atoms with E-state index in [1.807, 2.05) is 0 Å². The molecule has 1 aliphatic rings. The van der Waals surface area contributed by atoms with Crippen LogP contribution in [0.4, 0.5) is 5.69 Å². The predicted octanol–water partition coefficient (Wildman–Crippen LogP) is 3.08. The van der Waals surface area contributed by atoms with Gasteiger partial charge in [-0.05, 0) is 43.7 Å². The first kappa shape index (κ1) is 14.3. The fourth-order valence-corrected chi connectivity index (χ4v) is 2.14. The second-order valence-electron chi connectivity index (χ2n) is 4.28. The summed E-state index contributed by atoms with van der Waals surface area (Å²) in [5.74, 6) is -1.04. The Balaban J connectivity index is 2.37. The first-order valence-electron chi connectivity index (χ1n) is 6.14. The molecule has 1 aromatic carbocycles. The third-order valence-electron chi connectivity index (χ3n) is 3.06. The van der Waals surface area contributed by atoms with Crippen molar-refractivity contribution in [3.8, 4) is 0 Å². The summed E-state index contributed by atoms with van der Waals surface area (Å²) < 4.78 is 4.91. The van der Waals surface area contributed by atoms with Gasteiger partial charge in [-0.15, -0.1) is 0 Å². The van der Waals surface area contributed by atoms with Crippen LogP contribution >= 0.6 is 11.6 Å². The molecule has 1 aromatic rings. The summed E-state index contributed by atoms with van der Waals surface area (Å²) in [7, 11) is 0. The lowest BCUT2D eigenvalue weighted by Gasteiger charge is -2.18. The number of nitrogens with zero attached hydrogens (tertiary/aromatic N) is 1. The molecule has 0 saturated heterocycles. The lowest BCUT2D eigenvalue weighted by Crippen LogP contribution is -2.27. The van der Waals surface area contributed by atoms with Crippen LogP contribution in [0.15, 0.2) is 47.7 Å². The van der Waals surface area contributed by atoms with E-state index in [9.17, 15) is 9.59 Å². The van der Waals surface area contributed by atoms with Crippen molar-refractivity contribution in [3.05, 3.63) is 52.7 Å². The van der Waals surface area contributed by atoms with Gasteiger partial charge in [-0.1, -0.05) is 18.2 Å². The minimum Gasteiger partial charge on any atom is -0.462 e. The number of allylic oxidation sites excluding steroid dienone is 1. The van der Waals surface area contributed by atoms with Gasteiger partial charge in [0.05, 0.1) is 6.61 Å². The second kappa shape index (κ2) is 5.51. The SMILES string of the molecule is C=C1C(C)=C(C(=O)OCC)C(=O)N1c1ccc(Cl)cc1. The van der Waals surface area contributed by atoms with Crippen molar-refractivity contribution < 1.29 is 14.3 Å². The summed E-state index contributed by atoms with van der Waals surface area (Å²) in [6.07, 6.45) is 0. The largest absolute Gasteiger partial charge is 0.462 e. The van der Waals surface area contributed by atoms with Gasteiger partial charge >= 0.3 is 5.97 Å². The van der Waals surface area contributed by atoms with Crippen LogP contribution in [0.25, 0.3) is 0 Å². The van der Waals surface area contributed by atoms with Gasteiger partial charge in [-0.25, -0.2) is 4.79 Å². The molecular formula is C15H14ClNO3.